The molecule has 12 aromatic rings. The van der Waals surface area contributed by atoms with Crippen LogP contribution in [-0.2, 0) is 10.8 Å². The van der Waals surface area contributed by atoms with Gasteiger partial charge >= 0.3 is 0 Å². The topological polar surface area (TPSA) is 12.5 Å². The van der Waals surface area contributed by atoms with Gasteiger partial charge in [-0.05, 0) is 113 Å². The Morgan fingerprint density at radius 3 is 1.36 bits per heavy atom. The van der Waals surface area contributed by atoms with E-state index in [1.807, 2.05) is 0 Å². The maximum atomic E-state index is 7.35. The number of rotatable bonds is 4. The quantitative estimate of drug-likeness (QED) is 0.174. The zero-order valence-corrected chi connectivity index (χ0v) is 39.2. The van der Waals surface area contributed by atoms with Crippen LogP contribution >= 0.6 is 0 Å². The fourth-order valence-electron chi connectivity index (χ4n) is 13.7. The molecule has 0 atom stereocenters. The lowest BCUT2D eigenvalue weighted by Crippen LogP contribution is -2.32. The van der Waals surface area contributed by atoms with Gasteiger partial charge in [0.2, 0.25) is 0 Å². The molecule has 334 valence electrons. The van der Waals surface area contributed by atoms with Crippen LogP contribution in [-0.4, -0.2) is 0 Å². The molecule has 16 rings (SSSR count). The monoisotopic (exact) mass is 913 g/mol. The minimum absolute atomic E-state index is 0.497. The third kappa shape index (κ3) is 5.03. The van der Waals surface area contributed by atoms with Crippen molar-refractivity contribution in [1.82, 2.24) is 0 Å². The number of anilines is 3. The minimum atomic E-state index is -0.697. The average molecular weight is 914 g/mol. The highest BCUT2D eigenvalue weighted by atomic mass is 16.5. The Morgan fingerprint density at radius 1 is 0.278 bits per heavy atom. The van der Waals surface area contributed by atoms with Crippen LogP contribution in [0, 0.1) is 0 Å². The summed E-state index contributed by atoms with van der Waals surface area (Å²) in [6, 6.07) is 97.2. The number of hydrogen-bond donors (Lipinski definition) is 0. The lowest BCUT2D eigenvalue weighted by molar-refractivity contribution is 0.447. The first kappa shape index (κ1) is 39.6. The Labute approximate surface area is 418 Å². The standard InChI is InChI=1S/C70H43NO/c1-2-18-44(19-3-1)47-22-16-23-48(42-47)71(49-38-39-55-54-28-10-14-32-59(54)69(64(55)43-49)57-30-12-8-26-52(57)53-27-9-13-31-58(53)69)65-35-17-34-61-66(65)56-29-11-15-33-60(56)70(61)62-40-36-45-20-4-6-24-50(45)67(62)72-68-51-25-7-5-21-46(51)37-41-63(68)70/h1-43H. The van der Waals surface area contributed by atoms with Gasteiger partial charge in [0.05, 0.1) is 16.5 Å². The summed E-state index contributed by atoms with van der Waals surface area (Å²) in [5.74, 6) is 1.83. The van der Waals surface area contributed by atoms with E-state index < -0.39 is 10.8 Å². The molecule has 0 aromatic heterocycles. The van der Waals surface area contributed by atoms with Gasteiger partial charge in [0.15, 0.2) is 0 Å². The molecule has 1 heterocycles. The van der Waals surface area contributed by atoms with Gasteiger partial charge in [-0.3, -0.25) is 0 Å². The SMILES string of the molecule is c1ccc(-c2cccc(N(c3ccc4c(c3)C3(c5ccccc5-c5ccccc53)c3ccccc3-4)c3cccc4c3-c3ccccc3C43c4ccc5ccccc5c4Oc4c3ccc3ccccc43)c2)cc1. The summed E-state index contributed by atoms with van der Waals surface area (Å²) in [7, 11) is 0. The number of benzene rings is 12. The van der Waals surface area contributed by atoms with E-state index in [-0.39, 0.29) is 0 Å². The fraction of sp³-hybridized carbons (Fsp3) is 0.0286. The molecule has 3 aliphatic carbocycles. The van der Waals surface area contributed by atoms with Crippen LogP contribution in [0.5, 0.6) is 11.5 Å². The van der Waals surface area contributed by atoms with Crippen LogP contribution in [0.3, 0.4) is 0 Å². The molecule has 0 N–H and O–H groups in total. The molecule has 72 heavy (non-hydrogen) atoms. The summed E-state index contributed by atoms with van der Waals surface area (Å²) >= 11 is 0. The molecule has 0 saturated heterocycles. The van der Waals surface area contributed by atoms with Gasteiger partial charge in [-0.2, -0.15) is 0 Å². The second-order valence-corrected chi connectivity index (χ2v) is 19.8. The number of nitrogens with zero attached hydrogens (tertiary/aromatic N) is 1. The molecule has 0 radical (unpaired) electrons. The lowest BCUT2D eigenvalue weighted by atomic mass is 9.65. The van der Waals surface area contributed by atoms with E-state index in [2.05, 4.69) is 266 Å². The van der Waals surface area contributed by atoms with Gasteiger partial charge in [0.25, 0.3) is 0 Å². The van der Waals surface area contributed by atoms with E-state index in [0.29, 0.717) is 0 Å². The highest BCUT2D eigenvalue weighted by Gasteiger charge is 2.54. The number of fused-ring (bicyclic) bond motifs is 23. The Bertz CT molecular complexity index is 4130. The van der Waals surface area contributed by atoms with Crippen LogP contribution in [0.25, 0.3) is 66.1 Å². The van der Waals surface area contributed by atoms with Gasteiger partial charge in [-0.25, -0.2) is 0 Å². The molecular formula is C70H43NO. The van der Waals surface area contributed by atoms with Crippen LogP contribution in [0.15, 0.2) is 261 Å². The smallest absolute Gasteiger partial charge is 0.140 e. The van der Waals surface area contributed by atoms with E-state index in [1.165, 1.54) is 72.3 Å². The molecule has 2 nitrogen and oxygen atoms in total. The summed E-state index contributed by atoms with van der Waals surface area (Å²) in [6.45, 7) is 0. The van der Waals surface area contributed by atoms with Gasteiger partial charge in [-0.1, -0.05) is 231 Å². The van der Waals surface area contributed by atoms with Crippen molar-refractivity contribution in [2.75, 3.05) is 4.90 Å². The van der Waals surface area contributed by atoms with E-state index in [0.717, 1.165) is 66.8 Å². The molecule has 4 aliphatic rings. The van der Waals surface area contributed by atoms with Crippen LogP contribution in [0.2, 0.25) is 0 Å². The molecule has 2 heteroatoms. The van der Waals surface area contributed by atoms with E-state index in [9.17, 15) is 0 Å². The summed E-state index contributed by atoms with van der Waals surface area (Å²) in [6.07, 6.45) is 0. The van der Waals surface area contributed by atoms with Crippen molar-refractivity contribution in [3.63, 3.8) is 0 Å². The molecule has 0 fully saturated rings. The minimum Gasteiger partial charge on any atom is -0.455 e. The first-order valence-electron chi connectivity index (χ1n) is 25.1. The highest BCUT2D eigenvalue weighted by molar-refractivity contribution is 6.04. The molecule has 12 aromatic carbocycles. The summed E-state index contributed by atoms with van der Waals surface area (Å²) in [5, 5.41) is 4.53. The molecule has 1 aliphatic heterocycles. The van der Waals surface area contributed by atoms with E-state index >= 15 is 0 Å². The van der Waals surface area contributed by atoms with Crippen molar-refractivity contribution in [2.24, 2.45) is 0 Å². The Kier molecular flexibility index (Phi) is 8.05. The predicted molar refractivity (Wildman–Crippen MR) is 295 cm³/mol. The van der Waals surface area contributed by atoms with Crippen molar-refractivity contribution in [2.45, 2.75) is 10.8 Å². The van der Waals surface area contributed by atoms with Crippen molar-refractivity contribution in [3.05, 3.63) is 305 Å². The fourth-order valence-corrected chi connectivity index (χ4v) is 13.7. The zero-order valence-electron chi connectivity index (χ0n) is 39.2. The lowest BCUT2D eigenvalue weighted by Gasteiger charge is -2.40. The van der Waals surface area contributed by atoms with Gasteiger partial charge in [0, 0.05) is 38.8 Å². The Hall–Kier alpha value is -9.24. The van der Waals surface area contributed by atoms with Crippen LogP contribution < -0.4 is 9.64 Å². The van der Waals surface area contributed by atoms with Crippen LogP contribution in [0.1, 0.15) is 44.5 Å². The molecule has 0 bridgehead atoms. The van der Waals surface area contributed by atoms with Gasteiger partial charge < -0.3 is 9.64 Å². The molecule has 2 spiro atoms. The third-order valence-corrected chi connectivity index (χ3v) is 16.5. The van der Waals surface area contributed by atoms with Crippen molar-refractivity contribution in [3.8, 4) is 56.0 Å². The summed E-state index contributed by atoms with van der Waals surface area (Å²) in [5.41, 5.74) is 22.2. The second kappa shape index (κ2) is 14.6. The molecular weight excluding hydrogens is 871 g/mol. The van der Waals surface area contributed by atoms with Crippen LogP contribution in [0.4, 0.5) is 17.1 Å². The Morgan fingerprint density at radius 2 is 0.736 bits per heavy atom. The van der Waals surface area contributed by atoms with Gasteiger partial charge in [0.1, 0.15) is 11.5 Å². The zero-order chi connectivity index (χ0) is 47.1. The third-order valence-electron chi connectivity index (χ3n) is 16.5. The predicted octanol–water partition coefficient (Wildman–Crippen LogP) is 17.9. The molecule has 0 amide bonds. The van der Waals surface area contributed by atoms with Crippen molar-refractivity contribution in [1.29, 1.82) is 0 Å². The molecule has 0 unspecified atom stereocenters. The van der Waals surface area contributed by atoms with Gasteiger partial charge in [-0.15, -0.1) is 0 Å². The van der Waals surface area contributed by atoms with Crippen molar-refractivity contribution >= 4 is 38.6 Å². The maximum Gasteiger partial charge on any atom is 0.140 e. The van der Waals surface area contributed by atoms with E-state index in [4.69, 9.17) is 4.74 Å². The first-order valence-corrected chi connectivity index (χ1v) is 25.1. The summed E-state index contributed by atoms with van der Waals surface area (Å²) < 4.78 is 7.35. The van der Waals surface area contributed by atoms with Crippen molar-refractivity contribution < 1.29 is 4.74 Å². The highest BCUT2D eigenvalue weighted by Crippen LogP contribution is 2.67. The first-order chi connectivity index (χ1) is 35.7. The van der Waals surface area contributed by atoms with E-state index in [1.54, 1.807) is 0 Å². The normalized spacial score (nSPS) is 14.2. The second-order valence-electron chi connectivity index (χ2n) is 19.8. The number of hydrogen-bond acceptors (Lipinski definition) is 2. The number of ether oxygens (including phenoxy) is 1. The molecule has 0 saturated carbocycles. The Balaban J connectivity index is 1.01. The average Bonchev–Trinajstić information content (AvgIpc) is 4.04. The summed E-state index contributed by atoms with van der Waals surface area (Å²) in [4.78, 5) is 2.55. The largest absolute Gasteiger partial charge is 0.455 e. The maximum absolute atomic E-state index is 7.35.